The molecule has 0 radical (unpaired) electrons. The summed E-state index contributed by atoms with van der Waals surface area (Å²) in [6, 6.07) is 4.97. The molecular weight excluding hydrogens is 272 g/mol. The lowest BCUT2D eigenvalue weighted by Crippen LogP contribution is -2.27. The molecule has 0 aromatic heterocycles. The fraction of sp³-hybridized carbons (Fsp3) is 0.467. The summed E-state index contributed by atoms with van der Waals surface area (Å²) >= 11 is 0. The first-order valence-corrected chi connectivity index (χ1v) is 6.69. The highest BCUT2D eigenvalue weighted by Crippen LogP contribution is 2.21. The topological polar surface area (TPSA) is 102 Å². The van der Waals surface area contributed by atoms with Crippen molar-refractivity contribution in [2.75, 3.05) is 11.1 Å². The highest BCUT2D eigenvalue weighted by Gasteiger charge is 2.17. The zero-order valence-electron chi connectivity index (χ0n) is 12.8. The standard InChI is InChI=1S/C15H22N2O4/c1-9(13(18)19)7-10-5-6-11(8-12(10)16)17-14(20)21-15(2,3)4/h5-6,8-9H,7,16H2,1-4H3,(H,17,20)(H,18,19). The van der Waals surface area contributed by atoms with Crippen molar-refractivity contribution in [3.63, 3.8) is 0 Å². The van der Waals surface area contributed by atoms with Gasteiger partial charge in [-0.15, -0.1) is 0 Å². The van der Waals surface area contributed by atoms with Gasteiger partial charge < -0.3 is 15.6 Å². The minimum atomic E-state index is -0.870. The highest BCUT2D eigenvalue weighted by molar-refractivity contribution is 5.85. The predicted octanol–water partition coefficient (Wildman–Crippen LogP) is 2.88. The van der Waals surface area contributed by atoms with Crippen LogP contribution in [0.25, 0.3) is 0 Å². The maximum absolute atomic E-state index is 11.6. The summed E-state index contributed by atoms with van der Waals surface area (Å²) in [4.78, 5) is 22.5. The lowest BCUT2D eigenvalue weighted by molar-refractivity contribution is -0.141. The van der Waals surface area contributed by atoms with Crippen molar-refractivity contribution in [1.29, 1.82) is 0 Å². The molecule has 1 aromatic carbocycles. The number of carboxylic acids is 1. The second-order valence-electron chi connectivity index (χ2n) is 5.98. The van der Waals surface area contributed by atoms with Gasteiger partial charge in [0.25, 0.3) is 0 Å². The summed E-state index contributed by atoms with van der Waals surface area (Å²) < 4.78 is 5.14. The minimum Gasteiger partial charge on any atom is -0.481 e. The van der Waals surface area contributed by atoms with E-state index in [0.29, 0.717) is 17.8 Å². The number of amides is 1. The van der Waals surface area contributed by atoms with Crippen LogP contribution >= 0.6 is 0 Å². The molecule has 0 aliphatic rings. The van der Waals surface area contributed by atoms with Crippen molar-refractivity contribution in [2.45, 2.75) is 39.7 Å². The molecule has 1 unspecified atom stereocenters. The normalized spacial score (nSPS) is 12.6. The number of benzene rings is 1. The first kappa shape index (κ1) is 16.8. The second-order valence-corrected chi connectivity index (χ2v) is 5.98. The number of nitrogens with two attached hydrogens (primary N) is 1. The van der Waals surface area contributed by atoms with Crippen LogP contribution in [0, 0.1) is 5.92 Å². The lowest BCUT2D eigenvalue weighted by atomic mass is 9.99. The van der Waals surface area contributed by atoms with E-state index in [2.05, 4.69) is 5.32 Å². The molecule has 0 spiro atoms. The SMILES string of the molecule is CC(Cc1ccc(NC(=O)OC(C)(C)C)cc1N)C(=O)O. The van der Waals surface area contributed by atoms with E-state index in [1.165, 1.54) is 0 Å². The largest absolute Gasteiger partial charge is 0.481 e. The number of hydrogen-bond donors (Lipinski definition) is 3. The van der Waals surface area contributed by atoms with Crippen LogP contribution in [0.1, 0.15) is 33.3 Å². The molecule has 0 fully saturated rings. The molecule has 0 saturated heterocycles. The maximum Gasteiger partial charge on any atom is 0.412 e. The Hall–Kier alpha value is -2.24. The third kappa shape index (κ3) is 5.72. The third-order valence-electron chi connectivity index (χ3n) is 2.74. The van der Waals surface area contributed by atoms with Gasteiger partial charge in [0.2, 0.25) is 0 Å². The Bertz CT molecular complexity index is 535. The van der Waals surface area contributed by atoms with Crippen molar-refractivity contribution >= 4 is 23.4 Å². The summed E-state index contributed by atoms with van der Waals surface area (Å²) in [5.74, 6) is -1.39. The fourth-order valence-corrected chi connectivity index (χ4v) is 1.70. The molecule has 0 saturated carbocycles. The summed E-state index contributed by atoms with van der Waals surface area (Å²) in [5, 5.41) is 11.5. The van der Waals surface area contributed by atoms with E-state index in [0.717, 1.165) is 5.56 Å². The fourth-order valence-electron chi connectivity index (χ4n) is 1.70. The molecule has 21 heavy (non-hydrogen) atoms. The molecule has 1 rings (SSSR count). The zero-order chi connectivity index (χ0) is 16.2. The molecule has 0 heterocycles. The molecule has 0 bridgehead atoms. The van der Waals surface area contributed by atoms with E-state index < -0.39 is 23.6 Å². The van der Waals surface area contributed by atoms with E-state index in [-0.39, 0.29) is 0 Å². The summed E-state index contributed by atoms with van der Waals surface area (Å²) in [5.41, 5.74) is 7.00. The maximum atomic E-state index is 11.6. The van der Waals surface area contributed by atoms with Gasteiger partial charge in [0.1, 0.15) is 5.60 Å². The van der Waals surface area contributed by atoms with Crippen LogP contribution in [-0.2, 0) is 16.0 Å². The average molecular weight is 294 g/mol. The first-order valence-electron chi connectivity index (χ1n) is 6.69. The van der Waals surface area contributed by atoms with E-state index in [4.69, 9.17) is 15.6 Å². The number of ether oxygens (including phenoxy) is 1. The number of nitrogen functional groups attached to an aromatic ring is 1. The number of rotatable bonds is 4. The third-order valence-corrected chi connectivity index (χ3v) is 2.74. The number of carboxylic acid groups (broad SMARTS) is 1. The van der Waals surface area contributed by atoms with Gasteiger partial charge >= 0.3 is 12.1 Å². The van der Waals surface area contributed by atoms with Crippen molar-refractivity contribution in [1.82, 2.24) is 0 Å². The van der Waals surface area contributed by atoms with Gasteiger partial charge in [-0.05, 0) is 44.9 Å². The van der Waals surface area contributed by atoms with Crippen LogP contribution in [0.2, 0.25) is 0 Å². The number of aliphatic carboxylic acids is 1. The number of carbonyl (C=O) groups is 2. The zero-order valence-corrected chi connectivity index (χ0v) is 12.8. The van der Waals surface area contributed by atoms with Gasteiger partial charge in [-0.1, -0.05) is 13.0 Å². The van der Waals surface area contributed by atoms with Crippen molar-refractivity contribution < 1.29 is 19.4 Å². The quantitative estimate of drug-likeness (QED) is 0.741. The van der Waals surface area contributed by atoms with Crippen molar-refractivity contribution in [3.8, 4) is 0 Å². The van der Waals surface area contributed by atoms with E-state index >= 15 is 0 Å². The summed E-state index contributed by atoms with van der Waals surface area (Å²) in [6.07, 6.45) is -0.220. The van der Waals surface area contributed by atoms with E-state index in [1.807, 2.05) is 0 Å². The Morgan fingerprint density at radius 2 is 2.00 bits per heavy atom. The second kappa shape index (κ2) is 6.47. The van der Waals surface area contributed by atoms with Crippen molar-refractivity contribution in [2.24, 2.45) is 5.92 Å². The molecule has 4 N–H and O–H groups in total. The number of carbonyl (C=O) groups excluding carboxylic acids is 1. The Labute approximate surface area is 124 Å². The first-order chi connectivity index (χ1) is 9.58. The highest BCUT2D eigenvalue weighted by atomic mass is 16.6. The van der Waals surface area contributed by atoms with Crippen LogP contribution in [-0.4, -0.2) is 22.8 Å². The Kier molecular flexibility index (Phi) is 5.18. The van der Waals surface area contributed by atoms with Crippen LogP contribution in [0.3, 0.4) is 0 Å². The van der Waals surface area contributed by atoms with Crippen LogP contribution in [0.5, 0.6) is 0 Å². The number of hydrogen-bond acceptors (Lipinski definition) is 4. The molecule has 0 aliphatic heterocycles. The van der Waals surface area contributed by atoms with Gasteiger partial charge in [-0.2, -0.15) is 0 Å². The molecule has 6 heteroatoms. The molecule has 6 nitrogen and oxygen atoms in total. The summed E-state index contributed by atoms with van der Waals surface area (Å²) in [7, 11) is 0. The Morgan fingerprint density at radius 3 is 2.48 bits per heavy atom. The number of anilines is 2. The Balaban J connectivity index is 2.74. The molecule has 1 atom stereocenters. The van der Waals surface area contributed by atoms with Crippen LogP contribution in [0.15, 0.2) is 18.2 Å². The molecule has 0 aliphatic carbocycles. The van der Waals surface area contributed by atoms with Gasteiger partial charge in [0, 0.05) is 11.4 Å². The van der Waals surface area contributed by atoms with Gasteiger partial charge in [-0.3, -0.25) is 10.1 Å². The van der Waals surface area contributed by atoms with E-state index in [9.17, 15) is 9.59 Å². The monoisotopic (exact) mass is 294 g/mol. The van der Waals surface area contributed by atoms with Crippen LogP contribution < -0.4 is 11.1 Å². The smallest absolute Gasteiger partial charge is 0.412 e. The van der Waals surface area contributed by atoms with E-state index in [1.54, 1.807) is 45.9 Å². The number of nitrogens with one attached hydrogen (secondary N) is 1. The Morgan fingerprint density at radius 1 is 1.38 bits per heavy atom. The molecule has 1 aromatic rings. The minimum absolute atomic E-state index is 0.341. The lowest BCUT2D eigenvalue weighted by Gasteiger charge is -2.20. The summed E-state index contributed by atoms with van der Waals surface area (Å²) in [6.45, 7) is 6.95. The van der Waals surface area contributed by atoms with Gasteiger partial charge in [0.05, 0.1) is 5.92 Å². The molecule has 116 valence electrons. The average Bonchev–Trinajstić information content (AvgIpc) is 2.29. The van der Waals surface area contributed by atoms with Gasteiger partial charge in [0.15, 0.2) is 0 Å². The molecular formula is C15H22N2O4. The van der Waals surface area contributed by atoms with Crippen LogP contribution in [0.4, 0.5) is 16.2 Å². The van der Waals surface area contributed by atoms with Crippen molar-refractivity contribution in [3.05, 3.63) is 23.8 Å². The predicted molar refractivity (Wildman–Crippen MR) is 81.2 cm³/mol. The van der Waals surface area contributed by atoms with Gasteiger partial charge in [-0.25, -0.2) is 4.79 Å². The molecule has 1 amide bonds.